The Balaban J connectivity index is 1.83. The molecule has 3 heterocycles. The third-order valence-electron chi connectivity index (χ3n) is 5.53. The number of amides is 1. The molecule has 1 spiro atoms. The number of piperidine rings is 1. The molecule has 0 aromatic rings. The van der Waals surface area contributed by atoms with Crippen LogP contribution in [0.3, 0.4) is 0 Å². The first kappa shape index (κ1) is 18.5. The lowest BCUT2D eigenvalue weighted by atomic mass is 9.91. The fourth-order valence-electron chi connectivity index (χ4n) is 4.30. The second-order valence-corrected chi connectivity index (χ2v) is 7.27. The smallest absolute Gasteiger partial charge is 0.434 e. The lowest BCUT2D eigenvalue weighted by Gasteiger charge is -2.41. The molecule has 1 aliphatic carbocycles. The number of likely N-dealkylation sites (tertiary alicyclic amines) is 1. The summed E-state index contributed by atoms with van der Waals surface area (Å²) in [7, 11) is 0. The Morgan fingerprint density at radius 1 is 1.25 bits per heavy atom. The molecule has 0 bridgehead atoms. The quantitative estimate of drug-likeness (QED) is 0.689. The van der Waals surface area contributed by atoms with E-state index in [9.17, 15) is 14.4 Å². The Bertz CT molecular complexity index is 863. The molecular formula is C20H23N3O5. The first-order valence-electron chi connectivity index (χ1n) is 9.64. The molecule has 3 aliphatic heterocycles. The summed E-state index contributed by atoms with van der Waals surface area (Å²) in [6, 6.07) is 0. The van der Waals surface area contributed by atoms with Crippen LogP contribution in [-0.2, 0) is 19.1 Å². The first-order valence-corrected chi connectivity index (χ1v) is 9.64. The number of nitrogens with zero attached hydrogens (tertiary/aromatic N) is 3. The maximum atomic E-state index is 13.2. The van der Waals surface area contributed by atoms with E-state index in [1.807, 2.05) is 24.0 Å². The van der Waals surface area contributed by atoms with Gasteiger partial charge >= 0.3 is 6.16 Å². The Labute approximate surface area is 163 Å². The number of Topliss-reactive ketones (excluding diaryl/α,β-unsaturated/α-hetero) is 1. The molecule has 8 heteroatoms. The minimum Gasteiger partial charge on any atom is -0.434 e. The van der Waals surface area contributed by atoms with Gasteiger partial charge in [0.05, 0.1) is 18.7 Å². The molecule has 0 aromatic heterocycles. The molecule has 0 aromatic carbocycles. The molecule has 4 aliphatic rings. The Kier molecular flexibility index (Phi) is 4.56. The van der Waals surface area contributed by atoms with Gasteiger partial charge in [-0.15, -0.1) is 0 Å². The zero-order valence-electron chi connectivity index (χ0n) is 16.1. The van der Waals surface area contributed by atoms with Gasteiger partial charge in [-0.2, -0.15) is 4.99 Å². The number of hydrogen-bond donors (Lipinski definition) is 0. The molecular weight excluding hydrogens is 362 g/mol. The molecule has 148 valence electrons. The molecule has 1 fully saturated rings. The van der Waals surface area contributed by atoms with Crippen LogP contribution in [0.2, 0.25) is 0 Å². The molecule has 8 nitrogen and oxygen atoms in total. The number of allylic oxidation sites excluding steroid dienone is 3. The van der Waals surface area contributed by atoms with Gasteiger partial charge in [0.1, 0.15) is 5.84 Å². The van der Waals surface area contributed by atoms with Gasteiger partial charge in [0.2, 0.25) is 5.78 Å². The van der Waals surface area contributed by atoms with Gasteiger partial charge in [0.15, 0.2) is 11.3 Å². The molecule has 4 rings (SSSR count). The number of ether oxygens (including phenoxy) is 2. The van der Waals surface area contributed by atoms with Crippen molar-refractivity contribution < 1.29 is 23.9 Å². The lowest BCUT2D eigenvalue weighted by molar-refractivity contribution is -0.127. The summed E-state index contributed by atoms with van der Waals surface area (Å²) in [4.78, 5) is 46.1. The van der Waals surface area contributed by atoms with Crippen molar-refractivity contribution >= 4 is 23.7 Å². The topological polar surface area (TPSA) is 88.5 Å². The Morgan fingerprint density at radius 3 is 2.71 bits per heavy atom. The summed E-state index contributed by atoms with van der Waals surface area (Å²) in [5.41, 5.74) is -0.0104. The van der Waals surface area contributed by atoms with Gasteiger partial charge in [-0.3, -0.25) is 9.59 Å². The molecule has 1 atom stereocenters. The van der Waals surface area contributed by atoms with Crippen molar-refractivity contribution in [2.45, 2.75) is 45.1 Å². The minimum absolute atomic E-state index is 0.0919. The minimum atomic E-state index is -1.29. The Hall–Kier alpha value is -2.90. The molecule has 1 unspecified atom stereocenters. The van der Waals surface area contributed by atoms with Crippen molar-refractivity contribution in [2.24, 2.45) is 4.99 Å². The monoisotopic (exact) mass is 385 g/mol. The number of aliphatic imine (C=N–C) groups is 1. The van der Waals surface area contributed by atoms with E-state index in [1.165, 1.54) is 0 Å². The maximum Gasteiger partial charge on any atom is 0.514 e. The highest BCUT2D eigenvalue weighted by Crippen LogP contribution is 2.47. The van der Waals surface area contributed by atoms with Crippen LogP contribution in [0.15, 0.2) is 40.4 Å². The molecule has 1 amide bonds. The molecule has 1 saturated heterocycles. The van der Waals surface area contributed by atoms with E-state index in [-0.39, 0.29) is 24.6 Å². The van der Waals surface area contributed by atoms with Crippen molar-refractivity contribution in [3.05, 3.63) is 35.4 Å². The second-order valence-electron chi connectivity index (χ2n) is 7.27. The van der Waals surface area contributed by atoms with E-state index >= 15 is 0 Å². The van der Waals surface area contributed by atoms with Crippen LogP contribution in [-0.4, -0.2) is 58.7 Å². The van der Waals surface area contributed by atoms with Crippen molar-refractivity contribution in [1.29, 1.82) is 0 Å². The van der Waals surface area contributed by atoms with Crippen LogP contribution in [0.25, 0.3) is 0 Å². The molecule has 28 heavy (non-hydrogen) atoms. The number of ketones is 1. The predicted molar refractivity (Wildman–Crippen MR) is 100 cm³/mol. The number of carbonyl (C=O) groups excluding carboxylic acids is 3. The van der Waals surface area contributed by atoms with Gasteiger partial charge in [0, 0.05) is 19.3 Å². The van der Waals surface area contributed by atoms with E-state index in [1.54, 1.807) is 18.0 Å². The van der Waals surface area contributed by atoms with E-state index < -0.39 is 17.6 Å². The van der Waals surface area contributed by atoms with Gasteiger partial charge in [0.25, 0.3) is 5.91 Å². The van der Waals surface area contributed by atoms with Crippen LogP contribution < -0.4 is 0 Å². The third kappa shape index (κ3) is 2.66. The second kappa shape index (κ2) is 6.92. The van der Waals surface area contributed by atoms with Gasteiger partial charge in [-0.05, 0) is 44.8 Å². The van der Waals surface area contributed by atoms with E-state index in [4.69, 9.17) is 9.47 Å². The van der Waals surface area contributed by atoms with Crippen LogP contribution >= 0.6 is 0 Å². The Morgan fingerprint density at radius 2 is 2.00 bits per heavy atom. The van der Waals surface area contributed by atoms with Crippen LogP contribution in [0, 0.1) is 0 Å². The van der Waals surface area contributed by atoms with Gasteiger partial charge < -0.3 is 19.3 Å². The van der Waals surface area contributed by atoms with E-state index in [0.717, 1.165) is 24.8 Å². The maximum absolute atomic E-state index is 13.2. The zero-order valence-corrected chi connectivity index (χ0v) is 16.1. The van der Waals surface area contributed by atoms with Crippen LogP contribution in [0.5, 0.6) is 0 Å². The van der Waals surface area contributed by atoms with E-state index in [2.05, 4.69) is 4.99 Å². The number of hydrogen-bond acceptors (Lipinski definition) is 7. The highest BCUT2D eigenvalue weighted by molar-refractivity contribution is 6.19. The number of carbonyl (C=O) groups is 3. The summed E-state index contributed by atoms with van der Waals surface area (Å²) < 4.78 is 10.2. The third-order valence-corrected chi connectivity index (χ3v) is 5.53. The summed E-state index contributed by atoms with van der Waals surface area (Å²) in [5, 5.41) is 0. The van der Waals surface area contributed by atoms with Gasteiger partial charge in [-0.1, -0.05) is 6.08 Å². The number of fused-ring (bicyclic) bond motifs is 2. The van der Waals surface area contributed by atoms with Crippen LogP contribution in [0.4, 0.5) is 4.79 Å². The SMILES string of the molecule is CCOC(=O)OC1=C(N2CCCCC2)C2(CC1=O)C(=O)N=C1C(C)=CC=CN12. The van der Waals surface area contributed by atoms with Crippen molar-refractivity contribution in [3.63, 3.8) is 0 Å². The molecule has 0 saturated carbocycles. The number of rotatable bonds is 3. The average molecular weight is 385 g/mol. The van der Waals surface area contributed by atoms with Crippen molar-refractivity contribution in [1.82, 2.24) is 9.80 Å². The summed E-state index contributed by atoms with van der Waals surface area (Å²) in [6.07, 6.45) is 7.39. The zero-order chi connectivity index (χ0) is 19.9. The van der Waals surface area contributed by atoms with Crippen molar-refractivity contribution in [3.8, 4) is 0 Å². The number of amidine groups is 1. The lowest BCUT2D eigenvalue weighted by Crippen LogP contribution is -2.54. The first-order chi connectivity index (χ1) is 13.5. The summed E-state index contributed by atoms with van der Waals surface area (Å²) in [5.74, 6) is -0.352. The normalized spacial score (nSPS) is 26.6. The largest absolute Gasteiger partial charge is 0.514 e. The van der Waals surface area contributed by atoms with Crippen molar-refractivity contribution in [2.75, 3.05) is 19.7 Å². The average Bonchev–Trinajstić information content (AvgIpc) is 3.12. The molecule has 0 radical (unpaired) electrons. The fraction of sp³-hybridized carbons (Fsp3) is 0.500. The highest BCUT2D eigenvalue weighted by Gasteiger charge is 2.62. The van der Waals surface area contributed by atoms with Gasteiger partial charge in [-0.25, -0.2) is 4.79 Å². The predicted octanol–water partition coefficient (Wildman–Crippen LogP) is 2.28. The summed E-state index contributed by atoms with van der Waals surface area (Å²) >= 11 is 0. The molecule has 0 N–H and O–H groups in total. The van der Waals surface area contributed by atoms with E-state index in [0.29, 0.717) is 24.6 Å². The summed E-state index contributed by atoms with van der Waals surface area (Å²) in [6.45, 7) is 5.05. The standard InChI is InChI=1S/C20H23N3O5/c1-3-27-19(26)28-15-14(24)12-20(16(15)22-9-5-4-6-10-22)18(25)21-17-13(2)8-7-11-23(17)20/h7-8,11H,3-6,9-10,12H2,1-2H3. The highest BCUT2D eigenvalue weighted by atomic mass is 16.7. The fourth-order valence-corrected chi connectivity index (χ4v) is 4.30. The van der Waals surface area contributed by atoms with Crippen LogP contribution in [0.1, 0.15) is 39.5 Å².